The van der Waals surface area contributed by atoms with E-state index in [2.05, 4.69) is 5.32 Å². The molecule has 11 heavy (non-hydrogen) atoms. The Morgan fingerprint density at radius 2 is 2.55 bits per heavy atom. The highest BCUT2D eigenvalue weighted by Crippen LogP contribution is 2.27. The molecule has 2 amide bonds. The summed E-state index contributed by atoms with van der Waals surface area (Å²) in [6.45, 7) is 0.782. The molecule has 2 heterocycles. The van der Waals surface area contributed by atoms with E-state index in [4.69, 9.17) is 5.73 Å². The second kappa shape index (κ2) is 1.94. The van der Waals surface area contributed by atoms with E-state index in [9.17, 15) is 9.59 Å². The molecule has 2 aliphatic heterocycles. The number of hydrogen-bond acceptors (Lipinski definition) is 3. The molecule has 3 atom stereocenters. The van der Waals surface area contributed by atoms with Gasteiger partial charge in [0.25, 0.3) is 0 Å². The second-order valence-electron chi connectivity index (χ2n) is 2.91. The number of amides is 2. The minimum Gasteiger partial charge on any atom is -0.370 e. The Hall–Kier alpha value is -1.10. The molecular weight excluding hydrogens is 146 g/mol. The van der Waals surface area contributed by atoms with Crippen LogP contribution in [0.1, 0.15) is 6.42 Å². The molecule has 5 heteroatoms. The normalized spacial score (nSPS) is 39.6. The van der Waals surface area contributed by atoms with Crippen LogP contribution in [0.5, 0.6) is 0 Å². The number of carbonyl (C=O) groups is 2. The fraction of sp³-hybridized carbons (Fsp3) is 0.667. The summed E-state index contributed by atoms with van der Waals surface area (Å²) in [6.07, 6.45) is 0.0902. The van der Waals surface area contributed by atoms with Gasteiger partial charge >= 0.3 is 0 Å². The number of rotatable bonds is 2. The maximum absolute atomic E-state index is 10.9. The zero-order chi connectivity index (χ0) is 8.01. The van der Waals surface area contributed by atoms with Crippen molar-refractivity contribution in [3.05, 3.63) is 0 Å². The summed E-state index contributed by atoms with van der Waals surface area (Å²) in [5.41, 5.74) is 4.98. The van der Waals surface area contributed by atoms with Crippen molar-refractivity contribution in [2.45, 2.75) is 18.6 Å². The molecule has 5 nitrogen and oxygen atoms in total. The molecule has 0 aliphatic carbocycles. The van der Waals surface area contributed by atoms with Gasteiger partial charge in [-0.15, -0.1) is 0 Å². The highest BCUT2D eigenvalue weighted by Gasteiger charge is 2.51. The molecule has 0 saturated carbocycles. The van der Waals surface area contributed by atoms with Crippen LogP contribution in [-0.4, -0.2) is 35.5 Å². The van der Waals surface area contributed by atoms with Crippen LogP contribution >= 0.6 is 0 Å². The summed E-state index contributed by atoms with van der Waals surface area (Å²) in [5.74, 6) is -0.348. The van der Waals surface area contributed by atoms with Crippen molar-refractivity contribution in [3.8, 4) is 0 Å². The first-order valence-electron chi connectivity index (χ1n) is 3.53. The summed E-state index contributed by atoms with van der Waals surface area (Å²) in [5, 5.41) is 2.67. The van der Waals surface area contributed by atoms with E-state index in [1.54, 1.807) is 0 Å². The molecule has 3 N–H and O–H groups in total. The Labute approximate surface area is 63.5 Å². The lowest BCUT2D eigenvalue weighted by Gasteiger charge is -2.10. The standard InChI is InChI=1S/C6H9N3O2/c7-4(10)1-5-8-6(11)3-2-9(3)5/h3,5H,1-2H2,(H2,7,10)(H,8,11). The van der Waals surface area contributed by atoms with Crippen LogP contribution in [0, 0.1) is 0 Å². The van der Waals surface area contributed by atoms with Crippen LogP contribution in [0.15, 0.2) is 0 Å². The van der Waals surface area contributed by atoms with Gasteiger partial charge in [-0.3, -0.25) is 14.5 Å². The van der Waals surface area contributed by atoms with Crippen LogP contribution in [0.25, 0.3) is 0 Å². The van der Waals surface area contributed by atoms with Gasteiger partial charge in [-0.2, -0.15) is 0 Å². The lowest BCUT2D eigenvalue weighted by molar-refractivity contribution is -0.120. The Kier molecular flexibility index (Phi) is 1.17. The molecule has 60 valence electrons. The Balaban J connectivity index is 1.97. The average Bonchev–Trinajstić information content (AvgIpc) is 2.57. The largest absolute Gasteiger partial charge is 0.370 e. The van der Waals surface area contributed by atoms with Gasteiger partial charge in [0.1, 0.15) is 6.04 Å². The van der Waals surface area contributed by atoms with E-state index >= 15 is 0 Å². The highest BCUT2D eigenvalue weighted by atomic mass is 16.2. The van der Waals surface area contributed by atoms with Gasteiger partial charge in [-0.25, -0.2) is 0 Å². The van der Waals surface area contributed by atoms with Crippen molar-refractivity contribution < 1.29 is 9.59 Å². The average molecular weight is 155 g/mol. The van der Waals surface area contributed by atoms with Crippen LogP contribution in [0.3, 0.4) is 0 Å². The zero-order valence-electron chi connectivity index (χ0n) is 5.91. The van der Waals surface area contributed by atoms with Crippen molar-refractivity contribution >= 4 is 11.8 Å². The molecule has 0 bridgehead atoms. The smallest absolute Gasteiger partial charge is 0.239 e. The number of carbonyl (C=O) groups excluding carboxylic acids is 2. The first-order valence-corrected chi connectivity index (χ1v) is 3.53. The van der Waals surface area contributed by atoms with Crippen LogP contribution in [-0.2, 0) is 9.59 Å². The molecule has 2 saturated heterocycles. The molecule has 0 radical (unpaired) electrons. The summed E-state index contributed by atoms with van der Waals surface area (Å²) >= 11 is 0. The SMILES string of the molecule is NC(=O)CC1NC(=O)C2CN12. The predicted octanol–water partition coefficient (Wildman–Crippen LogP) is -2.00. The molecule has 0 aromatic rings. The fourth-order valence-corrected chi connectivity index (χ4v) is 1.43. The highest BCUT2D eigenvalue weighted by molar-refractivity contribution is 5.88. The third-order valence-corrected chi connectivity index (χ3v) is 2.06. The third-order valence-electron chi connectivity index (χ3n) is 2.06. The first kappa shape index (κ1) is 6.60. The topological polar surface area (TPSA) is 75.2 Å². The quantitative estimate of drug-likeness (QED) is 0.453. The monoisotopic (exact) mass is 155 g/mol. The molecule has 0 aromatic carbocycles. The van der Waals surface area contributed by atoms with Crippen molar-refractivity contribution in [1.82, 2.24) is 10.2 Å². The number of primary amides is 1. The third kappa shape index (κ3) is 0.970. The Morgan fingerprint density at radius 3 is 2.91 bits per heavy atom. The summed E-state index contributed by atoms with van der Waals surface area (Å²) < 4.78 is 0. The Morgan fingerprint density at radius 1 is 1.82 bits per heavy atom. The van der Waals surface area contributed by atoms with Crippen LogP contribution in [0.2, 0.25) is 0 Å². The molecule has 0 spiro atoms. The zero-order valence-corrected chi connectivity index (χ0v) is 5.91. The van der Waals surface area contributed by atoms with Crippen molar-refractivity contribution in [2.75, 3.05) is 6.54 Å². The van der Waals surface area contributed by atoms with E-state index in [0.29, 0.717) is 0 Å². The maximum Gasteiger partial charge on any atom is 0.239 e. The number of nitrogens with two attached hydrogens (primary N) is 1. The molecule has 0 aromatic heterocycles. The van der Waals surface area contributed by atoms with E-state index in [1.807, 2.05) is 4.90 Å². The number of fused-ring (bicyclic) bond motifs is 1. The minimum absolute atomic E-state index is 0.0243. The van der Waals surface area contributed by atoms with E-state index < -0.39 is 0 Å². The molecule has 2 rings (SSSR count). The fourth-order valence-electron chi connectivity index (χ4n) is 1.43. The maximum atomic E-state index is 10.9. The number of nitrogens with one attached hydrogen (secondary N) is 1. The minimum atomic E-state index is -0.372. The van der Waals surface area contributed by atoms with Gasteiger partial charge in [0.15, 0.2) is 0 Å². The van der Waals surface area contributed by atoms with Gasteiger partial charge in [0.2, 0.25) is 11.8 Å². The predicted molar refractivity (Wildman–Crippen MR) is 36.2 cm³/mol. The number of hydrogen-bond donors (Lipinski definition) is 2. The van der Waals surface area contributed by atoms with Crippen LogP contribution < -0.4 is 11.1 Å². The lowest BCUT2D eigenvalue weighted by atomic mass is 10.3. The van der Waals surface area contributed by atoms with Crippen LogP contribution in [0.4, 0.5) is 0 Å². The van der Waals surface area contributed by atoms with Gasteiger partial charge < -0.3 is 11.1 Å². The first-order chi connectivity index (χ1) is 5.18. The van der Waals surface area contributed by atoms with Crippen molar-refractivity contribution in [2.24, 2.45) is 5.73 Å². The molecule has 3 unspecified atom stereocenters. The summed E-state index contributed by atoms with van der Waals surface area (Å²) in [4.78, 5) is 23.3. The molecule has 2 fully saturated rings. The van der Waals surface area contributed by atoms with E-state index in [0.717, 1.165) is 6.54 Å². The van der Waals surface area contributed by atoms with E-state index in [-0.39, 0.29) is 30.4 Å². The molecular formula is C6H9N3O2. The summed E-state index contributed by atoms with van der Waals surface area (Å²) in [6, 6.07) is 0.0272. The van der Waals surface area contributed by atoms with Gasteiger partial charge in [-0.1, -0.05) is 0 Å². The summed E-state index contributed by atoms with van der Waals surface area (Å²) in [7, 11) is 0. The Bertz CT molecular complexity index is 228. The number of nitrogens with zero attached hydrogens (tertiary/aromatic N) is 1. The van der Waals surface area contributed by atoms with E-state index in [1.165, 1.54) is 0 Å². The molecule has 2 aliphatic rings. The van der Waals surface area contributed by atoms with Gasteiger partial charge in [0, 0.05) is 6.54 Å². The lowest BCUT2D eigenvalue weighted by Crippen LogP contribution is -2.37. The van der Waals surface area contributed by atoms with Crippen molar-refractivity contribution in [3.63, 3.8) is 0 Å². The van der Waals surface area contributed by atoms with Gasteiger partial charge in [0.05, 0.1) is 12.6 Å². The van der Waals surface area contributed by atoms with Gasteiger partial charge in [-0.05, 0) is 0 Å². The van der Waals surface area contributed by atoms with Crippen molar-refractivity contribution in [1.29, 1.82) is 0 Å². The second-order valence-corrected chi connectivity index (χ2v) is 2.91.